The Morgan fingerprint density at radius 2 is 2.10 bits per heavy atom. The van der Waals surface area contributed by atoms with Gasteiger partial charge in [-0.05, 0) is 18.4 Å². The molecular weight excluding hydrogens is 288 g/mol. The average molecular weight is 308 g/mol. The van der Waals surface area contributed by atoms with Crippen LogP contribution >= 0.6 is 11.8 Å². The third kappa shape index (κ3) is 5.47. The zero-order valence-electron chi connectivity index (χ0n) is 12.9. The van der Waals surface area contributed by atoms with E-state index in [0.29, 0.717) is 11.7 Å². The summed E-state index contributed by atoms with van der Waals surface area (Å²) >= 11 is 1.65. The van der Waals surface area contributed by atoms with Crippen LogP contribution in [0, 0.1) is 6.92 Å². The number of phenolic OH excluding ortho intramolecular Hbond substituents is 1. The molecule has 1 N–H and O–H groups in total. The summed E-state index contributed by atoms with van der Waals surface area (Å²) in [5.41, 5.74) is 0.747. The lowest BCUT2D eigenvalue weighted by atomic mass is 10.2. The Morgan fingerprint density at radius 1 is 1.38 bits per heavy atom. The Kier molecular flexibility index (Phi) is 6.74. The quantitative estimate of drug-likeness (QED) is 0.645. The van der Waals surface area contributed by atoms with Crippen molar-refractivity contribution in [3.05, 3.63) is 30.2 Å². The molecular formula is C14H20N4O2S. The van der Waals surface area contributed by atoms with Crippen molar-refractivity contribution in [1.29, 1.82) is 0 Å². The van der Waals surface area contributed by atoms with Gasteiger partial charge in [0.15, 0.2) is 5.17 Å². The summed E-state index contributed by atoms with van der Waals surface area (Å²) < 4.78 is 4.82. The number of benzene rings is 1. The first-order valence-electron chi connectivity index (χ1n) is 6.25. The van der Waals surface area contributed by atoms with Gasteiger partial charge in [-0.1, -0.05) is 29.1 Å². The Morgan fingerprint density at radius 3 is 2.48 bits per heavy atom. The highest BCUT2D eigenvalue weighted by Gasteiger charge is 2.05. The summed E-state index contributed by atoms with van der Waals surface area (Å²) in [5, 5.41) is 14.0. The average Bonchev–Trinajstić information content (AvgIpc) is 2.87. The zero-order chi connectivity index (χ0) is 15.8. The topological polar surface area (TPSA) is 74.8 Å². The van der Waals surface area contributed by atoms with E-state index in [9.17, 15) is 5.11 Å². The normalized spacial score (nSPS) is 10.8. The number of hydrogen-bond donors (Lipinski definition) is 1. The number of aromatic hydroxyl groups is 1. The third-order valence-electron chi connectivity index (χ3n) is 2.39. The van der Waals surface area contributed by atoms with Crippen molar-refractivity contribution in [3.63, 3.8) is 0 Å². The summed E-state index contributed by atoms with van der Waals surface area (Å²) in [7, 11) is 5.77. The van der Waals surface area contributed by atoms with Gasteiger partial charge in [-0.15, -0.1) is 0 Å². The Hall–Kier alpha value is -2.02. The van der Waals surface area contributed by atoms with Gasteiger partial charge < -0.3 is 14.5 Å². The number of aryl methyl sites for hydroxylation is 1. The highest BCUT2D eigenvalue weighted by atomic mass is 32.2. The van der Waals surface area contributed by atoms with Gasteiger partial charge in [0.05, 0.1) is 0 Å². The molecule has 114 valence electrons. The van der Waals surface area contributed by atoms with Crippen molar-refractivity contribution < 1.29 is 9.63 Å². The fourth-order valence-electron chi connectivity index (χ4n) is 1.54. The molecule has 0 aliphatic rings. The molecule has 0 amide bonds. The van der Waals surface area contributed by atoms with E-state index < -0.39 is 0 Å². The van der Waals surface area contributed by atoms with Crippen LogP contribution in [0.4, 0.5) is 0 Å². The number of phenols is 1. The van der Waals surface area contributed by atoms with Crippen molar-refractivity contribution >= 4 is 16.9 Å². The summed E-state index contributed by atoms with van der Waals surface area (Å²) in [6, 6.07) is 6.72. The second kappa shape index (κ2) is 8.31. The van der Waals surface area contributed by atoms with Crippen molar-refractivity contribution in [2.24, 2.45) is 4.99 Å². The molecule has 21 heavy (non-hydrogen) atoms. The monoisotopic (exact) mass is 308 g/mol. The molecule has 0 saturated carbocycles. The van der Waals surface area contributed by atoms with E-state index in [-0.39, 0.29) is 5.75 Å². The number of aromatic nitrogens is 2. The lowest BCUT2D eigenvalue weighted by Gasteiger charge is -2.10. The van der Waals surface area contributed by atoms with Gasteiger partial charge in [0.25, 0.3) is 0 Å². The van der Waals surface area contributed by atoms with Crippen LogP contribution in [0.15, 0.2) is 33.8 Å². The minimum Gasteiger partial charge on any atom is -0.508 e. The summed E-state index contributed by atoms with van der Waals surface area (Å²) in [6.45, 7) is 1.72. The van der Waals surface area contributed by atoms with Gasteiger partial charge in [0.1, 0.15) is 5.75 Å². The van der Waals surface area contributed by atoms with Gasteiger partial charge in [0.2, 0.25) is 11.7 Å². The van der Waals surface area contributed by atoms with Gasteiger partial charge in [-0.3, -0.25) is 4.99 Å². The maximum Gasteiger partial charge on any atom is 0.223 e. The lowest BCUT2D eigenvalue weighted by molar-refractivity contribution is 0.394. The minimum atomic E-state index is 0.194. The summed E-state index contributed by atoms with van der Waals surface area (Å²) in [6.07, 6.45) is 2.02. The van der Waals surface area contributed by atoms with Crippen LogP contribution in [0.5, 0.6) is 5.75 Å². The first-order chi connectivity index (χ1) is 9.97. The predicted octanol–water partition coefficient (Wildman–Crippen LogP) is 2.65. The first kappa shape index (κ1) is 17.0. The Balaban J connectivity index is 0.000000240. The second-order valence-corrected chi connectivity index (χ2v) is 5.07. The molecule has 1 heterocycles. The van der Waals surface area contributed by atoms with Crippen LogP contribution in [-0.4, -0.2) is 52.7 Å². The molecule has 1 aromatic carbocycles. The molecule has 0 aliphatic heterocycles. The van der Waals surface area contributed by atoms with E-state index in [1.807, 2.05) is 31.3 Å². The second-order valence-electron chi connectivity index (χ2n) is 4.29. The lowest BCUT2D eigenvalue weighted by Crippen LogP contribution is -2.17. The third-order valence-corrected chi connectivity index (χ3v) is 3.30. The summed E-state index contributed by atoms with van der Waals surface area (Å²) in [5.74, 6) is 1.20. The number of hydrogen-bond acceptors (Lipinski definition) is 6. The molecule has 0 aliphatic carbocycles. The highest BCUT2D eigenvalue weighted by Crippen LogP contribution is 2.19. The number of amidine groups is 1. The molecule has 1 aromatic heterocycles. The van der Waals surface area contributed by atoms with Gasteiger partial charge in [-0.25, -0.2) is 0 Å². The zero-order valence-corrected chi connectivity index (χ0v) is 13.7. The number of nitrogens with zero attached hydrogens (tertiary/aromatic N) is 4. The Labute approximate surface area is 128 Å². The number of rotatable bonds is 1. The van der Waals surface area contributed by atoms with Crippen LogP contribution in [0.25, 0.3) is 11.4 Å². The molecule has 0 saturated heterocycles. The van der Waals surface area contributed by atoms with Crippen molar-refractivity contribution in [1.82, 2.24) is 15.0 Å². The van der Waals surface area contributed by atoms with E-state index in [1.54, 1.807) is 43.9 Å². The number of thioether (sulfide) groups is 1. The van der Waals surface area contributed by atoms with E-state index in [0.717, 1.165) is 10.7 Å². The predicted molar refractivity (Wildman–Crippen MR) is 86.7 cm³/mol. The molecule has 0 spiro atoms. The van der Waals surface area contributed by atoms with E-state index in [2.05, 4.69) is 15.1 Å². The Bertz CT molecular complexity index is 596. The van der Waals surface area contributed by atoms with E-state index in [4.69, 9.17) is 4.52 Å². The fraction of sp³-hybridized carbons (Fsp3) is 0.357. The molecule has 2 rings (SSSR count). The molecule has 6 nitrogen and oxygen atoms in total. The van der Waals surface area contributed by atoms with Crippen LogP contribution in [-0.2, 0) is 0 Å². The van der Waals surface area contributed by atoms with Gasteiger partial charge >= 0.3 is 0 Å². The van der Waals surface area contributed by atoms with Crippen LogP contribution in [0.3, 0.4) is 0 Å². The maximum atomic E-state index is 9.20. The van der Waals surface area contributed by atoms with Crippen molar-refractivity contribution in [2.45, 2.75) is 6.92 Å². The minimum absolute atomic E-state index is 0.194. The van der Waals surface area contributed by atoms with Crippen LogP contribution in [0.2, 0.25) is 0 Å². The molecule has 0 atom stereocenters. The number of aliphatic imine (C=N–C) groups is 1. The van der Waals surface area contributed by atoms with Crippen molar-refractivity contribution in [3.8, 4) is 17.1 Å². The molecule has 7 heteroatoms. The largest absolute Gasteiger partial charge is 0.508 e. The first-order valence-corrected chi connectivity index (χ1v) is 7.48. The molecule has 0 unspecified atom stereocenters. The standard InChI is InChI=1S/C9H8N2O2.C5H12N2S/c1-6-10-9(11-13-6)7-3-2-4-8(12)5-7;1-6-5(8-4)7(2)3/h2-5,12H,1H3;1-4H3. The van der Waals surface area contributed by atoms with Crippen molar-refractivity contribution in [2.75, 3.05) is 27.4 Å². The van der Waals surface area contributed by atoms with Gasteiger partial charge in [-0.2, -0.15) is 4.98 Å². The SMILES string of the molecule is CN=C(SC)N(C)C.Cc1nc(-c2cccc(O)c2)no1. The molecule has 2 aromatic rings. The van der Waals surface area contributed by atoms with E-state index in [1.165, 1.54) is 0 Å². The maximum absolute atomic E-state index is 9.20. The highest BCUT2D eigenvalue weighted by molar-refractivity contribution is 8.13. The molecule has 0 fully saturated rings. The van der Waals surface area contributed by atoms with Crippen LogP contribution in [0.1, 0.15) is 5.89 Å². The van der Waals surface area contributed by atoms with E-state index >= 15 is 0 Å². The molecule has 0 bridgehead atoms. The smallest absolute Gasteiger partial charge is 0.223 e. The summed E-state index contributed by atoms with van der Waals surface area (Å²) in [4.78, 5) is 10.0. The fourth-order valence-corrected chi connectivity index (χ4v) is 2.08. The van der Waals surface area contributed by atoms with Crippen LogP contribution < -0.4 is 0 Å². The van der Waals surface area contributed by atoms with Gasteiger partial charge in [0, 0.05) is 33.6 Å². The molecule has 0 radical (unpaired) electrons.